The van der Waals surface area contributed by atoms with E-state index < -0.39 is 0 Å². The van der Waals surface area contributed by atoms with E-state index in [0.29, 0.717) is 35.2 Å². The van der Waals surface area contributed by atoms with Crippen molar-refractivity contribution in [3.63, 3.8) is 0 Å². The Bertz CT molecular complexity index is 989. The number of aryl methyl sites for hydroxylation is 1. The molecule has 1 aromatic carbocycles. The molecule has 0 aliphatic heterocycles. The van der Waals surface area contributed by atoms with Crippen molar-refractivity contribution in [2.45, 2.75) is 13.8 Å². The topological polar surface area (TPSA) is 112 Å². The number of hydrogen-bond acceptors (Lipinski definition) is 4. The minimum atomic E-state index is -0.258. The van der Waals surface area contributed by atoms with Crippen LogP contribution in [0.4, 0.5) is 0 Å². The zero-order valence-electron chi connectivity index (χ0n) is 15.5. The molecule has 2 aromatic heterocycles. The SMILES string of the molecule is Cc1c(C(=O)NCC(C)CNC(=O)c2cc3c(O)cccc3[nH]2)cnn1C. The van der Waals surface area contributed by atoms with Crippen molar-refractivity contribution in [1.29, 1.82) is 0 Å². The smallest absolute Gasteiger partial charge is 0.267 e. The minimum absolute atomic E-state index is 0.0488. The Hall–Kier alpha value is -3.29. The summed E-state index contributed by atoms with van der Waals surface area (Å²) in [7, 11) is 1.79. The lowest BCUT2D eigenvalue weighted by Gasteiger charge is -2.13. The Morgan fingerprint density at radius 1 is 1.26 bits per heavy atom. The van der Waals surface area contributed by atoms with Crippen LogP contribution in [0.15, 0.2) is 30.5 Å². The molecule has 1 atom stereocenters. The van der Waals surface area contributed by atoms with Crippen LogP contribution in [0, 0.1) is 12.8 Å². The molecule has 0 fully saturated rings. The van der Waals surface area contributed by atoms with Crippen LogP contribution in [0.25, 0.3) is 10.9 Å². The molecule has 27 heavy (non-hydrogen) atoms. The van der Waals surface area contributed by atoms with E-state index in [-0.39, 0.29) is 23.5 Å². The average Bonchev–Trinajstić information content (AvgIpc) is 3.23. The molecule has 3 rings (SSSR count). The number of phenols is 1. The van der Waals surface area contributed by atoms with Crippen molar-refractivity contribution >= 4 is 22.7 Å². The van der Waals surface area contributed by atoms with E-state index in [1.807, 2.05) is 13.8 Å². The zero-order chi connectivity index (χ0) is 19.6. The van der Waals surface area contributed by atoms with Gasteiger partial charge in [-0.15, -0.1) is 0 Å². The molecule has 0 spiro atoms. The second-order valence-electron chi connectivity index (χ2n) is 6.71. The molecule has 0 aliphatic rings. The van der Waals surface area contributed by atoms with Crippen LogP contribution in [-0.2, 0) is 7.05 Å². The molecule has 0 bridgehead atoms. The van der Waals surface area contributed by atoms with Crippen LogP contribution >= 0.6 is 0 Å². The van der Waals surface area contributed by atoms with Crippen LogP contribution in [0.1, 0.15) is 33.5 Å². The summed E-state index contributed by atoms with van der Waals surface area (Å²) in [5, 5.41) is 20.2. The Morgan fingerprint density at radius 2 is 1.96 bits per heavy atom. The molecular weight excluding hydrogens is 346 g/mol. The van der Waals surface area contributed by atoms with Gasteiger partial charge in [-0.3, -0.25) is 14.3 Å². The highest BCUT2D eigenvalue weighted by atomic mass is 16.3. The van der Waals surface area contributed by atoms with Gasteiger partial charge < -0.3 is 20.7 Å². The summed E-state index contributed by atoms with van der Waals surface area (Å²) in [5.41, 5.74) is 2.43. The zero-order valence-corrected chi connectivity index (χ0v) is 15.5. The van der Waals surface area contributed by atoms with E-state index in [1.165, 1.54) is 0 Å². The van der Waals surface area contributed by atoms with E-state index in [4.69, 9.17) is 0 Å². The second-order valence-corrected chi connectivity index (χ2v) is 6.71. The number of amides is 2. The number of benzene rings is 1. The van der Waals surface area contributed by atoms with Gasteiger partial charge in [-0.25, -0.2) is 0 Å². The lowest BCUT2D eigenvalue weighted by atomic mass is 10.1. The van der Waals surface area contributed by atoms with E-state index in [0.717, 1.165) is 5.69 Å². The summed E-state index contributed by atoms with van der Waals surface area (Å²) in [4.78, 5) is 27.5. The van der Waals surface area contributed by atoms with Crippen molar-refractivity contribution < 1.29 is 14.7 Å². The molecule has 0 saturated carbocycles. The molecule has 0 aliphatic carbocycles. The number of carbonyl (C=O) groups is 2. The normalized spacial score (nSPS) is 12.1. The third kappa shape index (κ3) is 3.94. The van der Waals surface area contributed by atoms with Crippen LogP contribution in [0.2, 0.25) is 0 Å². The largest absolute Gasteiger partial charge is 0.507 e. The van der Waals surface area contributed by atoms with Gasteiger partial charge in [0.05, 0.1) is 11.8 Å². The number of fused-ring (bicyclic) bond motifs is 1. The van der Waals surface area contributed by atoms with E-state index >= 15 is 0 Å². The summed E-state index contributed by atoms with van der Waals surface area (Å²) >= 11 is 0. The van der Waals surface area contributed by atoms with Crippen molar-refractivity contribution in [2.24, 2.45) is 13.0 Å². The molecule has 4 N–H and O–H groups in total. The number of hydrogen-bond donors (Lipinski definition) is 4. The van der Waals surface area contributed by atoms with Gasteiger partial charge in [-0.05, 0) is 31.0 Å². The quantitative estimate of drug-likeness (QED) is 0.530. The molecule has 8 heteroatoms. The van der Waals surface area contributed by atoms with Gasteiger partial charge in [-0.2, -0.15) is 5.10 Å². The van der Waals surface area contributed by atoms with Crippen LogP contribution < -0.4 is 10.6 Å². The number of aromatic hydroxyl groups is 1. The lowest BCUT2D eigenvalue weighted by Crippen LogP contribution is -2.35. The Morgan fingerprint density at radius 3 is 2.59 bits per heavy atom. The fraction of sp³-hybridized carbons (Fsp3) is 0.316. The summed E-state index contributed by atoms with van der Waals surface area (Å²) in [5.74, 6) is -0.256. The standard InChI is InChI=1S/C19H23N5O3/c1-11(8-20-18(26)14-10-22-24(3)12(14)2)9-21-19(27)16-7-13-15(23-16)5-4-6-17(13)25/h4-7,10-11,23,25H,8-9H2,1-3H3,(H,20,26)(H,21,27). The first-order chi connectivity index (χ1) is 12.9. The maximum atomic E-state index is 12.3. The van der Waals surface area contributed by atoms with Gasteiger partial charge in [0.15, 0.2) is 0 Å². The van der Waals surface area contributed by atoms with Crippen molar-refractivity contribution in [2.75, 3.05) is 13.1 Å². The molecule has 0 radical (unpaired) electrons. The number of phenolic OH excluding ortho intramolecular Hbond substituents is 1. The van der Waals surface area contributed by atoms with Crippen molar-refractivity contribution in [3.8, 4) is 5.75 Å². The predicted octanol–water partition coefficient (Wildman–Crippen LogP) is 1.71. The molecule has 142 valence electrons. The monoisotopic (exact) mass is 369 g/mol. The third-order valence-corrected chi connectivity index (χ3v) is 4.59. The van der Waals surface area contributed by atoms with Crippen molar-refractivity contribution in [3.05, 3.63) is 47.4 Å². The first-order valence-electron chi connectivity index (χ1n) is 8.72. The van der Waals surface area contributed by atoms with Crippen LogP contribution in [0.5, 0.6) is 5.75 Å². The number of nitrogens with one attached hydrogen (secondary N) is 3. The number of aromatic nitrogens is 3. The fourth-order valence-electron chi connectivity index (χ4n) is 2.78. The molecule has 2 amide bonds. The molecule has 0 saturated heterocycles. The first kappa shape index (κ1) is 18.5. The lowest BCUT2D eigenvalue weighted by molar-refractivity contribution is 0.0939. The number of aromatic amines is 1. The van der Waals surface area contributed by atoms with Crippen molar-refractivity contribution in [1.82, 2.24) is 25.4 Å². The van der Waals surface area contributed by atoms with Gasteiger partial charge in [0.2, 0.25) is 0 Å². The average molecular weight is 369 g/mol. The summed E-state index contributed by atoms with van der Waals surface area (Å²) in [6.45, 7) is 4.62. The molecule has 3 aromatic rings. The van der Waals surface area contributed by atoms with Crippen LogP contribution in [-0.4, -0.2) is 44.8 Å². The number of carbonyl (C=O) groups excluding carboxylic acids is 2. The first-order valence-corrected chi connectivity index (χ1v) is 8.72. The summed E-state index contributed by atoms with van der Waals surface area (Å²) in [6, 6.07) is 6.71. The number of nitrogens with zero attached hydrogens (tertiary/aromatic N) is 2. The fourth-order valence-corrected chi connectivity index (χ4v) is 2.78. The van der Waals surface area contributed by atoms with Gasteiger partial charge in [-0.1, -0.05) is 13.0 Å². The second kappa shape index (κ2) is 7.53. The molecular formula is C19H23N5O3. The molecule has 8 nitrogen and oxygen atoms in total. The minimum Gasteiger partial charge on any atom is -0.507 e. The van der Waals surface area contributed by atoms with Gasteiger partial charge >= 0.3 is 0 Å². The Labute approximate surface area is 156 Å². The highest BCUT2D eigenvalue weighted by Crippen LogP contribution is 2.24. The Balaban J connectivity index is 1.51. The summed E-state index contributed by atoms with van der Waals surface area (Å²) in [6.07, 6.45) is 1.54. The van der Waals surface area contributed by atoms with Gasteiger partial charge in [0.25, 0.3) is 11.8 Å². The number of H-pyrrole nitrogens is 1. The van der Waals surface area contributed by atoms with Gasteiger partial charge in [0, 0.05) is 36.7 Å². The summed E-state index contributed by atoms with van der Waals surface area (Å²) < 4.78 is 1.65. The highest BCUT2D eigenvalue weighted by Gasteiger charge is 2.15. The van der Waals surface area contributed by atoms with Gasteiger partial charge in [0.1, 0.15) is 11.4 Å². The predicted molar refractivity (Wildman–Crippen MR) is 102 cm³/mol. The highest BCUT2D eigenvalue weighted by molar-refractivity contribution is 5.99. The van der Waals surface area contributed by atoms with E-state index in [2.05, 4.69) is 20.7 Å². The molecule has 2 heterocycles. The van der Waals surface area contributed by atoms with Crippen LogP contribution in [0.3, 0.4) is 0 Å². The van der Waals surface area contributed by atoms with E-state index in [1.54, 1.807) is 42.2 Å². The van der Waals surface area contributed by atoms with E-state index in [9.17, 15) is 14.7 Å². The molecule has 1 unspecified atom stereocenters. The Kier molecular flexibility index (Phi) is 5.16. The third-order valence-electron chi connectivity index (χ3n) is 4.59. The number of rotatable bonds is 6. The maximum absolute atomic E-state index is 12.3. The maximum Gasteiger partial charge on any atom is 0.267 e.